The predicted molar refractivity (Wildman–Crippen MR) is 136 cm³/mol. The van der Waals surface area contributed by atoms with Crippen LogP contribution in [-0.2, 0) is 17.8 Å². The van der Waals surface area contributed by atoms with Crippen LogP contribution in [0.15, 0.2) is 72.8 Å². The fourth-order valence-corrected chi connectivity index (χ4v) is 4.19. The van der Waals surface area contributed by atoms with Gasteiger partial charge >= 0.3 is 0 Å². The van der Waals surface area contributed by atoms with E-state index in [0.717, 1.165) is 53.5 Å². The highest BCUT2D eigenvalue weighted by atomic mass is 35.5. The van der Waals surface area contributed by atoms with E-state index in [2.05, 4.69) is 54.3 Å². The number of ether oxygens (including phenoxy) is 1. The van der Waals surface area contributed by atoms with Crippen LogP contribution in [0.3, 0.4) is 0 Å². The average molecular weight is 465 g/mol. The number of nitrogens with zero attached hydrogens (tertiary/aromatic N) is 1. The van der Waals surface area contributed by atoms with Gasteiger partial charge in [0.1, 0.15) is 5.75 Å². The molecule has 0 aliphatic carbocycles. The molecule has 3 aromatic carbocycles. The summed E-state index contributed by atoms with van der Waals surface area (Å²) >= 11 is 6.60. The zero-order valence-electron chi connectivity index (χ0n) is 19.5. The van der Waals surface area contributed by atoms with Gasteiger partial charge in [-0.25, -0.2) is 0 Å². The fraction of sp³-hybridized carbons (Fsp3) is 0.321. The standard InChI is InChI=1S/C28H33ClN2O2/c1-21-9-6-13-25(28(21)29)20-31(19-22(2)24-11-4-3-5-12-24)15-8-16-33-26-14-7-10-23(17-26)18-27(30)32/h3-7,9-14,17,22H,8,15-16,18-20H2,1-2H3,(H2,30,32)/t22-/m1/s1. The van der Waals surface area contributed by atoms with E-state index in [0.29, 0.717) is 12.5 Å². The summed E-state index contributed by atoms with van der Waals surface area (Å²) in [5.41, 5.74) is 9.75. The molecule has 3 rings (SSSR count). The first-order valence-corrected chi connectivity index (χ1v) is 11.8. The Kier molecular flexibility index (Phi) is 9.35. The van der Waals surface area contributed by atoms with Gasteiger partial charge < -0.3 is 10.5 Å². The van der Waals surface area contributed by atoms with Crippen molar-refractivity contribution in [1.82, 2.24) is 4.90 Å². The molecule has 4 nitrogen and oxygen atoms in total. The first-order valence-electron chi connectivity index (χ1n) is 11.4. The molecule has 1 atom stereocenters. The Balaban J connectivity index is 1.61. The Morgan fingerprint density at radius 3 is 2.58 bits per heavy atom. The fourth-order valence-electron chi connectivity index (χ4n) is 4.00. The minimum atomic E-state index is -0.342. The van der Waals surface area contributed by atoms with Gasteiger partial charge in [0.15, 0.2) is 0 Å². The van der Waals surface area contributed by atoms with E-state index < -0.39 is 0 Å². The van der Waals surface area contributed by atoms with E-state index in [1.54, 1.807) is 0 Å². The minimum Gasteiger partial charge on any atom is -0.494 e. The van der Waals surface area contributed by atoms with Crippen LogP contribution >= 0.6 is 11.6 Å². The number of benzene rings is 3. The number of carbonyl (C=O) groups excluding carboxylic acids is 1. The number of aryl methyl sites for hydroxylation is 1. The van der Waals surface area contributed by atoms with Crippen molar-refractivity contribution < 1.29 is 9.53 Å². The lowest BCUT2D eigenvalue weighted by atomic mass is 10.00. The van der Waals surface area contributed by atoms with Crippen LogP contribution in [0.5, 0.6) is 5.75 Å². The van der Waals surface area contributed by atoms with Crippen molar-refractivity contribution in [2.24, 2.45) is 5.73 Å². The second kappa shape index (κ2) is 12.4. The number of halogens is 1. The number of nitrogens with two attached hydrogens (primary N) is 1. The van der Waals surface area contributed by atoms with Crippen LogP contribution in [0.25, 0.3) is 0 Å². The third-order valence-electron chi connectivity index (χ3n) is 5.73. The highest BCUT2D eigenvalue weighted by Gasteiger charge is 2.15. The Bertz CT molecular complexity index is 1040. The number of primary amides is 1. The molecule has 5 heteroatoms. The summed E-state index contributed by atoms with van der Waals surface area (Å²) in [4.78, 5) is 13.6. The molecule has 0 aromatic heterocycles. The van der Waals surface area contributed by atoms with Gasteiger partial charge in [-0.05, 0) is 53.6 Å². The molecule has 0 spiro atoms. The first-order chi connectivity index (χ1) is 15.9. The lowest BCUT2D eigenvalue weighted by Crippen LogP contribution is -2.29. The topological polar surface area (TPSA) is 55.6 Å². The lowest BCUT2D eigenvalue weighted by Gasteiger charge is -2.27. The van der Waals surface area contributed by atoms with E-state index >= 15 is 0 Å². The minimum absolute atomic E-state index is 0.222. The normalized spacial score (nSPS) is 12.0. The molecular formula is C28H33ClN2O2. The predicted octanol–water partition coefficient (Wildman–Crippen LogP) is 5.75. The summed E-state index contributed by atoms with van der Waals surface area (Å²) in [6.45, 7) is 7.53. The van der Waals surface area contributed by atoms with Crippen LogP contribution in [0.4, 0.5) is 0 Å². The molecule has 2 N–H and O–H groups in total. The van der Waals surface area contributed by atoms with Gasteiger partial charge in [-0.1, -0.05) is 79.2 Å². The van der Waals surface area contributed by atoms with Crippen molar-refractivity contribution in [1.29, 1.82) is 0 Å². The highest BCUT2D eigenvalue weighted by molar-refractivity contribution is 6.32. The van der Waals surface area contributed by atoms with Crippen LogP contribution in [0.2, 0.25) is 5.02 Å². The molecule has 33 heavy (non-hydrogen) atoms. The van der Waals surface area contributed by atoms with Gasteiger partial charge in [0.05, 0.1) is 13.0 Å². The summed E-state index contributed by atoms with van der Waals surface area (Å²) in [6, 6.07) is 24.4. The highest BCUT2D eigenvalue weighted by Crippen LogP contribution is 2.24. The van der Waals surface area contributed by atoms with E-state index in [-0.39, 0.29) is 12.3 Å². The summed E-state index contributed by atoms with van der Waals surface area (Å²) in [5, 5.41) is 0.845. The Labute approximate surface area is 202 Å². The van der Waals surface area contributed by atoms with E-state index in [9.17, 15) is 4.79 Å². The quantitative estimate of drug-likeness (QED) is 0.347. The van der Waals surface area contributed by atoms with Crippen molar-refractivity contribution in [2.75, 3.05) is 19.7 Å². The van der Waals surface area contributed by atoms with Crippen LogP contribution < -0.4 is 10.5 Å². The second-order valence-corrected chi connectivity index (χ2v) is 8.97. The van der Waals surface area contributed by atoms with E-state index in [4.69, 9.17) is 22.1 Å². The third kappa shape index (κ3) is 7.92. The number of hydrogen-bond acceptors (Lipinski definition) is 3. The molecule has 0 heterocycles. The molecule has 0 saturated heterocycles. The number of hydrogen-bond donors (Lipinski definition) is 1. The summed E-state index contributed by atoms with van der Waals surface area (Å²) in [5.74, 6) is 0.825. The number of rotatable bonds is 12. The molecular weight excluding hydrogens is 432 g/mol. The van der Waals surface area contributed by atoms with Crippen LogP contribution in [0.1, 0.15) is 41.5 Å². The number of amides is 1. The maximum absolute atomic E-state index is 11.2. The monoisotopic (exact) mass is 464 g/mol. The van der Waals surface area contributed by atoms with E-state index in [1.165, 1.54) is 5.56 Å². The molecule has 0 aliphatic rings. The Morgan fingerprint density at radius 1 is 1.06 bits per heavy atom. The third-order valence-corrected chi connectivity index (χ3v) is 6.27. The van der Waals surface area contributed by atoms with Crippen molar-refractivity contribution in [3.63, 3.8) is 0 Å². The largest absolute Gasteiger partial charge is 0.494 e. The van der Waals surface area contributed by atoms with Crippen molar-refractivity contribution in [2.45, 2.75) is 39.2 Å². The zero-order chi connectivity index (χ0) is 23.6. The van der Waals surface area contributed by atoms with Crippen LogP contribution in [-0.4, -0.2) is 30.5 Å². The molecule has 0 radical (unpaired) electrons. The Morgan fingerprint density at radius 2 is 1.82 bits per heavy atom. The molecule has 0 fully saturated rings. The molecule has 0 unspecified atom stereocenters. The van der Waals surface area contributed by atoms with Gasteiger partial charge in [-0.3, -0.25) is 9.69 Å². The van der Waals surface area contributed by atoms with Crippen LogP contribution in [0, 0.1) is 6.92 Å². The van der Waals surface area contributed by atoms with Crippen molar-refractivity contribution in [3.8, 4) is 5.75 Å². The zero-order valence-corrected chi connectivity index (χ0v) is 20.2. The number of carbonyl (C=O) groups is 1. The van der Waals surface area contributed by atoms with Gasteiger partial charge in [0.25, 0.3) is 0 Å². The lowest BCUT2D eigenvalue weighted by molar-refractivity contribution is -0.117. The molecule has 0 saturated carbocycles. The van der Waals surface area contributed by atoms with Gasteiger partial charge in [0.2, 0.25) is 5.91 Å². The molecule has 3 aromatic rings. The smallest absolute Gasteiger partial charge is 0.221 e. The summed E-state index contributed by atoms with van der Waals surface area (Å²) in [7, 11) is 0. The first kappa shape index (κ1) is 24.8. The molecule has 174 valence electrons. The molecule has 0 bridgehead atoms. The SMILES string of the molecule is Cc1cccc(CN(CCCOc2cccc(CC(N)=O)c2)C[C@@H](C)c2ccccc2)c1Cl. The molecule has 0 aliphatic heterocycles. The van der Waals surface area contributed by atoms with Gasteiger partial charge in [-0.2, -0.15) is 0 Å². The van der Waals surface area contributed by atoms with Gasteiger partial charge in [-0.15, -0.1) is 0 Å². The van der Waals surface area contributed by atoms with Crippen molar-refractivity contribution >= 4 is 17.5 Å². The Hall–Kier alpha value is -2.82. The second-order valence-electron chi connectivity index (χ2n) is 8.59. The van der Waals surface area contributed by atoms with Crippen molar-refractivity contribution in [3.05, 3.63) is 100 Å². The summed E-state index contributed by atoms with van der Waals surface area (Å²) < 4.78 is 5.96. The van der Waals surface area contributed by atoms with Gasteiger partial charge in [0, 0.05) is 24.7 Å². The maximum Gasteiger partial charge on any atom is 0.221 e. The maximum atomic E-state index is 11.2. The van der Waals surface area contributed by atoms with E-state index in [1.807, 2.05) is 37.3 Å². The summed E-state index contributed by atoms with van der Waals surface area (Å²) in [6.07, 6.45) is 1.10. The molecule has 1 amide bonds. The average Bonchev–Trinajstić information content (AvgIpc) is 2.80.